The van der Waals surface area contributed by atoms with Crippen molar-refractivity contribution in [3.05, 3.63) is 82.4 Å². The first kappa shape index (κ1) is 27.2. The Hall–Kier alpha value is -3.41. The number of rotatable bonds is 8. The molecule has 39 heavy (non-hydrogen) atoms. The monoisotopic (exact) mass is 534 g/mol. The van der Waals surface area contributed by atoms with Crippen LogP contribution in [0.5, 0.6) is 11.5 Å². The highest BCUT2D eigenvalue weighted by molar-refractivity contribution is 5.71. The van der Waals surface area contributed by atoms with Crippen LogP contribution >= 0.6 is 0 Å². The van der Waals surface area contributed by atoms with Gasteiger partial charge in [0.05, 0.1) is 13.5 Å². The Labute approximate surface area is 229 Å². The summed E-state index contributed by atoms with van der Waals surface area (Å²) < 4.78 is 42.1. The number of aryl methyl sites for hydroxylation is 1. The van der Waals surface area contributed by atoms with Gasteiger partial charge < -0.3 is 14.6 Å². The Kier molecular flexibility index (Phi) is 7.17. The van der Waals surface area contributed by atoms with Crippen LogP contribution in [0, 0.1) is 17.0 Å². The van der Waals surface area contributed by atoms with E-state index < -0.39 is 23.0 Å². The van der Waals surface area contributed by atoms with E-state index in [0.29, 0.717) is 28.2 Å². The van der Waals surface area contributed by atoms with Crippen LogP contribution in [0.15, 0.2) is 48.5 Å². The van der Waals surface area contributed by atoms with E-state index in [9.17, 15) is 9.90 Å². The Balaban J connectivity index is 1.50. The number of aliphatic carboxylic acids is 1. The van der Waals surface area contributed by atoms with Gasteiger partial charge in [-0.1, -0.05) is 33.3 Å². The van der Waals surface area contributed by atoms with Gasteiger partial charge in [0, 0.05) is 16.5 Å². The summed E-state index contributed by atoms with van der Waals surface area (Å²) >= 11 is 0. The van der Waals surface area contributed by atoms with Crippen molar-refractivity contribution < 1.29 is 28.2 Å². The molecule has 3 aromatic rings. The van der Waals surface area contributed by atoms with E-state index in [1.54, 1.807) is 12.1 Å². The lowest BCUT2D eigenvalue weighted by molar-refractivity contribution is -0.138. The first-order valence-corrected chi connectivity index (χ1v) is 13.6. The molecule has 0 spiro atoms. The lowest BCUT2D eigenvalue weighted by atomic mass is 9.75. The highest BCUT2D eigenvalue weighted by Crippen LogP contribution is 2.52. The van der Waals surface area contributed by atoms with E-state index >= 15 is 8.78 Å². The molecule has 1 fully saturated rings. The lowest BCUT2D eigenvalue weighted by Crippen LogP contribution is -2.22. The zero-order valence-corrected chi connectivity index (χ0v) is 23.1. The number of ether oxygens (including phenoxy) is 2. The smallest absolute Gasteiger partial charge is 0.304 e. The standard InChI is InChI=1S/C33H36F2O4/c1-32(2)12-5-6-27(32)25-14-21(30(35)17-24(25)26-15-22(38-4)9-10-29(26)34)19-39-23-8-7-20-11-13-33(3,18-31(36)37)28(20)16-23/h7-10,14-17,27H,5-6,11-13,18-19H2,1-4H3,(H,36,37)/t27-,33+/m0/s1. The van der Waals surface area contributed by atoms with Crippen molar-refractivity contribution in [2.75, 3.05) is 7.11 Å². The first-order valence-electron chi connectivity index (χ1n) is 13.6. The summed E-state index contributed by atoms with van der Waals surface area (Å²) in [4.78, 5) is 11.5. The molecule has 2 atom stereocenters. The van der Waals surface area contributed by atoms with Crippen LogP contribution in [0.2, 0.25) is 0 Å². The summed E-state index contributed by atoms with van der Waals surface area (Å²) in [5.74, 6) is -0.454. The number of carboxylic acid groups (broad SMARTS) is 1. The van der Waals surface area contributed by atoms with E-state index in [1.807, 2.05) is 31.2 Å². The molecule has 4 nitrogen and oxygen atoms in total. The van der Waals surface area contributed by atoms with Gasteiger partial charge in [-0.2, -0.15) is 0 Å². The van der Waals surface area contributed by atoms with E-state index in [1.165, 1.54) is 19.2 Å². The molecule has 3 aromatic carbocycles. The summed E-state index contributed by atoms with van der Waals surface area (Å²) in [6, 6.07) is 13.6. The lowest BCUT2D eigenvalue weighted by Gasteiger charge is -2.30. The van der Waals surface area contributed by atoms with Gasteiger partial charge >= 0.3 is 5.97 Å². The normalized spacial score (nSPS) is 21.5. The molecule has 1 N–H and O–H groups in total. The summed E-state index contributed by atoms with van der Waals surface area (Å²) in [7, 11) is 1.53. The number of fused-ring (bicyclic) bond motifs is 1. The fourth-order valence-electron chi connectivity index (χ4n) is 6.66. The fourth-order valence-corrected chi connectivity index (χ4v) is 6.66. The second kappa shape index (κ2) is 10.3. The molecule has 0 heterocycles. The molecular weight excluding hydrogens is 498 g/mol. The molecule has 5 rings (SSSR count). The SMILES string of the molecule is COc1ccc(F)c(-c2cc(F)c(COc3ccc4c(c3)[C@@](C)(CC(=O)O)CC4)cc2[C@@H]2CCCC2(C)C)c1. The molecule has 206 valence electrons. The molecule has 6 heteroatoms. The van der Waals surface area contributed by atoms with Crippen LogP contribution in [-0.4, -0.2) is 18.2 Å². The summed E-state index contributed by atoms with van der Waals surface area (Å²) in [6.07, 6.45) is 4.72. The number of hydrogen-bond acceptors (Lipinski definition) is 3. The minimum absolute atomic E-state index is 0.00533. The molecule has 0 aliphatic heterocycles. The van der Waals surface area contributed by atoms with E-state index in [4.69, 9.17) is 9.47 Å². The third kappa shape index (κ3) is 5.26. The van der Waals surface area contributed by atoms with Gasteiger partial charge in [0.2, 0.25) is 0 Å². The molecular formula is C33H36F2O4. The van der Waals surface area contributed by atoms with E-state index in [-0.39, 0.29) is 24.4 Å². The number of benzene rings is 3. The molecule has 0 aromatic heterocycles. The largest absolute Gasteiger partial charge is 0.497 e. The summed E-state index contributed by atoms with van der Waals surface area (Å²) in [6.45, 7) is 6.42. The zero-order valence-electron chi connectivity index (χ0n) is 23.1. The zero-order chi connectivity index (χ0) is 27.9. The third-order valence-electron chi connectivity index (χ3n) is 8.93. The summed E-state index contributed by atoms with van der Waals surface area (Å²) in [5, 5.41) is 9.42. The van der Waals surface area contributed by atoms with Crippen molar-refractivity contribution >= 4 is 5.97 Å². The van der Waals surface area contributed by atoms with E-state index in [2.05, 4.69) is 13.8 Å². The van der Waals surface area contributed by atoms with Crippen molar-refractivity contribution in [3.8, 4) is 22.6 Å². The molecule has 0 unspecified atom stereocenters. The second-order valence-corrected chi connectivity index (χ2v) is 12.0. The van der Waals surface area contributed by atoms with Gasteiger partial charge in [0.1, 0.15) is 29.7 Å². The molecule has 0 amide bonds. The minimum atomic E-state index is -0.825. The fraction of sp³-hybridized carbons (Fsp3) is 0.424. The van der Waals surface area contributed by atoms with Crippen molar-refractivity contribution in [3.63, 3.8) is 0 Å². The second-order valence-electron chi connectivity index (χ2n) is 12.0. The Bertz CT molecular complexity index is 1410. The maximum Gasteiger partial charge on any atom is 0.304 e. The van der Waals surface area contributed by atoms with Gasteiger partial charge in [-0.15, -0.1) is 0 Å². The Morgan fingerprint density at radius 2 is 1.74 bits per heavy atom. The van der Waals surface area contributed by atoms with Crippen LogP contribution in [-0.2, 0) is 23.2 Å². The van der Waals surface area contributed by atoms with Gasteiger partial charge in [-0.25, -0.2) is 8.78 Å². The maximum atomic E-state index is 15.6. The van der Waals surface area contributed by atoms with Crippen molar-refractivity contribution in [2.45, 2.75) is 77.2 Å². The van der Waals surface area contributed by atoms with Gasteiger partial charge in [0.25, 0.3) is 0 Å². The average molecular weight is 535 g/mol. The third-order valence-corrected chi connectivity index (χ3v) is 8.93. The summed E-state index contributed by atoms with van der Waals surface area (Å²) in [5.41, 5.74) is 3.88. The molecule has 2 aliphatic carbocycles. The topological polar surface area (TPSA) is 55.8 Å². The highest BCUT2D eigenvalue weighted by Gasteiger charge is 2.38. The van der Waals surface area contributed by atoms with Crippen LogP contribution in [0.25, 0.3) is 11.1 Å². The Morgan fingerprint density at radius 3 is 2.44 bits per heavy atom. The number of carboxylic acids is 1. The predicted octanol–water partition coefficient (Wildman–Crippen LogP) is 8.19. The maximum absolute atomic E-state index is 15.6. The highest BCUT2D eigenvalue weighted by atomic mass is 19.1. The number of hydrogen-bond donors (Lipinski definition) is 1. The van der Waals surface area contributed by atoms with Crippen LogP contribution in [0.3, 0.4) is 0 Å². The molecule has 0 saturated heterocycles. The van der Waals surface area contributed by atoms with Crippen LogP contribution in [0.1, 0.15) is 81.0 Å². The predicted molar refractivity (Wildman–Crippen MR) is 147 cm³/mol. The van der Waals surface area contributed by atoms with Gasteiger partial charge in [-0.05, 0) is 102 Å². The molecule has 0 radical (unpaired) electrons. The van der Waals surface area contributed by atoms with Crippen LogP contribution < -0.4 is 9.47 Å². The van der Waals surface area contributed by atoms with Crippen molar-refractivity contribution in [2.24, 2.45) is 5.41 Å². The minimum Gasteiger partial charge on any atom is -0.497 e. The van der Waals surface area contributed by atoms with Crippen molar-refractivity contribution in [1.29, 1.82) is 0 Å². The molecule has 1 saturated carbocycles. The van der Waals surface area contributed by atoms with Gasteiger partial charge in [-0.3, -0.25) is 4.79 Å². The molecule has 0 bridgehead atoms. The quantitative estimate of drug-likeness (QED) is 0.317. The van der Waals surface area contributed by atoms with Crippen molar-refractivity contribution in [1.82, 2.24) is 0 Å². The molecule has 2 aliphatic rings. The van der Waals surface area contributed by atoms with E-state index in [0.717, 1.165) is 48.8 Å². The van der Waals surface area contributed by atoms with Gasteiger partial charge in [0.15, 0.2) is 0 Å². The average Bonchev–Trinajstić information content (AvgIpc) is 3.41. The first-order chi connectivity index (χ1) is 18.5. The Morgan fingerprint density at radius 1 is 0.974 bits per heavy atom. The van der Waals surface area contributed by atoms with Crippen LogP contribution in [0.4, 0.5) is 8.78 Å². The number of methoxy groups -OCH3 is 1. The number of carbonyl (C=O) groups is 1. The number of halogens is 2.